The lowest BCUT2D eigenvalue weighted by Gasteiger charge is -2.00. The van der Waals surface area contributed by atoms with Crippen LogP contribution in [-0.2, 0) is 0 Å². The molecule has 0 fully saturated rings. The Bertz CT molecular complexity index is 555. The average molecular weight is 256 g/mol. The summed E-state index contributed by atoms with van der Waals surface area (Å²) >= 11 is 0. The molecule has 0 bridgehead atoms. The van der Waals surface area contributed by atoms with Crippen LogP contribution in [0.3, 0.4) is 0 Å². The zero-order chi connectivity index (χ0) is 13.8. The van der Waals surface area contributed by atoms with Crippen LogP contribution in [0.25, 0.3) is 0 Å². The largest absolute Gasteiger partial charge is 0.269 e. The van der Waals surface area contributed by atoms with Crippen molar-refractivity contribution in [1.29, 1.82) is 0 Å². The summed E-state index contributed by atoms with van der Waals surface area (Å²) in [7, 11) is 0.579. The highest BCUT2D eigenvalue weighted by atomic mass is 16.6. The molecule has 0 radical (unpaired) electrons. The molecule has 2 aromatic carbocycles. The lowest BCUT2D eigenvalue weighted by molar-refractivity contribution is -0.385. The second-order valence-electron chi connectivity index (χ2n) is 4.02. The Balaban J connectivity index is 2.12. The lowest BCUT2D eigenvalue weighted by Crippen LogP contribution is -2.26. The SMILES string of the molecule is O=[N+]([O-])c1ccc(Bc2ccc([N+](=O)[O-])cc2)cc1. The van der Waals surface area contributed by atoms with Gasteiger partial charge in [-0.3, -0.25) is 20.2 Å². The Hall–Kier alpha value is -2.70. The first-order chi connectivity index (χ1) is 9.06. The molecule has 0 aliphatic carbocycles. The first-order valence-electron chi connectivity index (χ1n) is 5.53. The Morgan fingerprint density at radius 1 is 0.684 bits per heavy atom. The lowest BCUT2D eigenvalue weighted by atomic mass is 9.64. The van der Waals surface area contributed by atoms with Gasteiger partial charge in [-0.05, 0) is 0 Å². The van der Waals surface area contributed by atoms with Crippen LogP contribution in [0.5, 0.6) is 0 Å². The fraction of sp³-hybridized carbons (Fsp3) is 0. The van der Waals surface area contributed by atoms with E-state index < -0.39 is 9.85 Å². The van der Waals surface area contributed by atoms with E-state index in [4.69, 9.17) is 0 Å². The summed E-state index contributed by atoms with van der Waals surface area (Å²) < 4.78 is 0. The van der Waals surface area contributed by atoms with Crippen LogP contribution >= 0.6 is 0 Å². The van der Waals surface area contributed by atoms with Crippen molar-refractivity contribution in [3.8, 4) is 0 Å². The monoisotopic (exact) mass is 256 g/mol. The molecule has 7 heteroatoms. The third-order valence-electron chi connectivity index (χ3n) is 2.70. The van der Waals surface area contributed by atoms with Gasteiger partial charge in [-0.15, -0.1) is 0 Å². The number of hydrogen-bond acceptors (Lipinski definition) is 4. The minimum Gasteiger partial charge on any atom is -0.258 e. The summed E-state index contributed by atoms with van der Waals surface area (Å²) in [5.74, 6) is 0. The van der Waals surface area contributed by atoms with Crippen molar-refractivity contribution in [1.82, 2.24) is 0 Å². The highest BCUT2D eigenvalue weighted by Gasteiger charge is 2.07. The summed E-state index contributed by atoms with van der Waals surface area (Å²) in [6, 6.07) is 12.5. The van der Waals surface area contributed by atoms with Gasteiger partial charge in [0.15, 0.2) is 7.28 Å². The van der Waals surface area contributed by atoms with Crippen molar-refractivity contribution in [2.75, 3.05) is 0 Å². The predicted molar refractivity (Wildman–Crippen MR) is 72.6 cm³/mol. The van der Waals surface area contributed by atoms with Crippen LogP contribution in [0.15, 0.2) is 48.5 Å². The number of rotatable bonds is 4. The van der Waals surface area contributed by atoms with Gasteiger partial charge in [0.05, 0.1) is 9.85 Å². The molecule has 0 spiro atoms. The number of nitro groups is 2. The summed E-state index contributed by atoms with van der Waals surface area (Å²) in [6.07, 6.45) is 0. The van der Waals surface area contributed by atoms with Gasteiger partial charge in [0.1, 0.15) is 0 Å². The molecule has 0 aliphatic heterocycles. The van der Waals surface area contributed by atoms with Gasteiger partial charge in [0, 0.05) is 24.3 Å². The minimum absolute atomic E-state index is 0.0486. The highest BCUT2D eigenvalue weighted by Crippen LogP contribution is 2.08. The van der Waals surface area contributed by atoms with Gasteiger partial charge < -0.3 is 0 Å². The maximum atomic E-state index is 10.5. The van der Waals surface area contributed by atoms with Crippen molar-refractivity contribution >= 4 is 29.6 Å². The van der Waals surface area contributed by atoms with E-state index in [1.807, 2.05) is 0 Å². The topological polar surface area (TPSA) is 86.3 Å². The Kier molecular flexibility index (Phi) is 3.56. The average Bonchev–Trinajstić information content (AvgIpc) is 2.40. The zero-order valence-corrected chi connectivity index (χ0v) is 9.85. The first kappa shape index (κ1) is 12.8. The van der Waals surface area contributed by atoms with Crippen molar-refractivity contribution in [3.05, 3.63) is 68.8 Å². The molecule has 2 aromatic rings. The molecule has 0 saturated heterocycles. The molecule has 0 unspecified atom stereocenters. The molecule has 0 heterocycles. The summed E-state index contributed by atoms with van der Waals surface area (Å²) in [5.41, 5.74) is 1.93. The summed E-state index contributed by atoms with van der Waals surface area (Å²) in [6.45, 7) is 0. The Labute approximate surface area is 109 Å². The van der Waals surface area contributed by atoms with E-state index in [0.29, 0.717) is 7.28 Å². The molecule has 94 valence electrons. The molecular formula is C12H9BN2O4. The molecule has 0 N–H and O–H groups in total. The van der Waals surface area contributed by atoms with E-state index in [-0.39, 0.29) is 11.4 Å². The van der Waals surface area contributed by atoms with Crippen molar-refractivity contribution < 1.29 is 9.85 Å². The van der Waals surface area contributed by atoms with E-state index in [0.717, 1.165) is 10.9 Å². The minimum atomic E-state index is -0.449. The maximum Gasteiger partial charge on any atom is 0.269 e. The van der Waals surface area contributed by atoms with Crippen LogP contribution in [0.1, 0.15) is 0 Å². The van der Waals surface area contributed by atoms with Crippen molar-refractivity contribution in [3.63, 3.8) is 0 Å². The third kappa shape index (κ3) is 3.15. The second-order valence-corrected chi connectivity index (χ2v) is 4.02. The van der Waals surface area contributed by atoms with Crippen LogP contribution in [0.2, 0.25) is 0 Å². The molecular weight excluding hydrogens is 247 g/mol. The van der Waals surface area contributed by atoms with Gasteiger partial charge in [0.25, 0.3) is 11.4 Å². The molecule has 0 aliphatic rings. The summed E-state index contributed by atoms with van der Waals surface area (Å²) in [5, 5.41) is 21.0. The van der Waals surface area contributed by atoms with Crippen LogP contribution in [0, 0.1) is 20.2 Å². The Morgan fingerprint density at radius 2 is 1.00 bits per heavy atom. The first-order valence-corrected chi connectivity index (χ1v) is 5.53. The van der Waals surface area contributed by atoms with E-state index in [9.17, 15) is 20.2 Å². The second kappa shape index (κ2) is 5.30. The fourth-order valence-corrected chi connectivity index (χ4v) is 1.71. The standard InChI is InChI=1S/C12H9BN2O4/c16-14(17)11-5-1-9(2-6-11)13-10-3-7-12(8-4-10)15(18)19/h1-8,13H. The van der Waals surface area contributed by atoms with Crippen molar-refractivity contribution in [2.24, 2.45) is 0 Å². The van der Waals surface area contributed by atoms with Crippen LogP contribution in [-0.4, -0.2) is 17.1 Å². The van der Waals surface area contributed by atoms with Gasteiger partial charge in [-0.25, -0.2) is 0 Å². The van der Waals surface area contributed by atoms with E-state index in [1.54, 1.807) is 24.3 Å². The number of benzene rings is 2. The van der Waals surface area contributed by atoms with Gasteiger partial charge in [-0.1, -0.05) is 35.2 Å². The molecule has 19 heavy (non-hydrogen) atoms. The number of nitrogens with zero attached hydrogens (tertiary/aromatic N) is 2. The predicted octanol–water partition coefficient (Wildman–Crippen LogP) is 0.890. The molecule has 0 atom stereocenters. The highest BCUT2D eigenvalue weighted by molar-refractivity contribution is 6.67. The number of nitro benzene ring substituents is 2. The number of non-ortho nitro benzene ring substituents is 2. The van der Waals surface area contributed by atoms with Crippen LogP contribution < -0.4 is 10.9 Å². The normalized spacial score (nSPS) is 9.89. The smallest absolute Gasteiger partial charge is 0.258 e. The van der Waals surface area contributed by atoms with E-state index >= 15 is 0 Å². The van der Waals surface area contributed by atoms with Gasteiger partial charge in [-0.2, -0.15) is 0 Å². The molecule has 6 nitrogen and oxygen atoms in total. The molecule has 2 rings (SSSR count). The molecule has 0 saturated carbocycles. The van der Waals surface area contributed by atoms with Crippen molar-refractivity contribution in [2.45, 2.75) is 0 Å². The van der Waals surface area contributed by atoms with E-state index in [2.05, 4.69) is 0 Å². The molecule has 0 amide bonds. The zero-order valence-electron chi connectivity index (χ0n) is 9.85. The summed E-state index contributed by atoms with van der Waals surface area (Å²) in [4.78, 5) is 20.1. The number of hydrogen-bond donors (Lipinski definition) is 0. The van der Waals surface area contributed by atoms with Gasteiger partial charge in [0.2, 0.25) is 0 Å². The van der Waals surface area contributed by atoms with Crippen LogP contribution in [0.4, 0.5) is 11.4 Å². The Morgan fingerprint density at radius 3 is 1.26 bits per heavy atom. The third-order valence-corrected chi connectivity index (χ3v) is 2.70. The fourth-order valence-electron chi connectivity index (χ4n) is 1.71. The van der Waals surface area contributed by atoms with Gasteiger partial charge >= 0.3 is 0 Å². The quantitative estimate of drug-likeness (QED) is 0.461. The van der Waals surface area contributed by atoms with E-state index in [1.165, 1.54) is 24.3 Å². The maximum absolute atomic E-state index is 10.5. The molecule has 0 aromatic heterocycles.